The second kappa shape index (κ2) is 7.19. The van der Waals surface area contributed by atoms with Crippen molar-refractivity contribution < 1.29 is 14.7 Å². The highest BCUT2D eigenvalue weighted by Gasteiger charge is 2.09. The lowest BCUT2D eigenvalue weighted by molar-refractivity contribution is -0.120. The van der Waals surface area contributed by atoms with Crippen LogP contribution >= 0.6 is 22.9 Å². The molecule has 1 aromatic heterocycles. The molecule has 0 aliphatic heterocycles. The van der Waals surface area contributed by atoms with Gasteiger partial charge in [0.05, 0.1) is 11.4 Å². The molecular weight excluding hydrogens is 312 g/mol. The van der Waals surface area contributed by atoms with Crippen LogP contribution in [0.2, 0.25) is 5.02 Å². The lowest BCUT2D eigenvalue weighted by Crippen LogP contribution is -2.27. The van der Waals surface area contributed by atoms with Crippen LogP contribution in [-0.2, 0) is 17.6 Å². The molecule has 21 heavy (non-hydrogen) atoms. The molecule has 0 aliphatic rings. The van der Waals surface area contributed by atoms with E-state index in [0.717, 1.165) is 5.56 Å². The average Bonchev–Trinajstić information content (AvgIpc) is 2.90. The van der Waals surface area contributed by atoms with Gasteiger partial charge in [-0.2, -0.15) is 0 Å². The van der Waals surface area contributed by atoms with E-state index in [4.69, 9.17) is 16.7 Å². The van der Waals surface area contributed by atoms with Crippen LogP contribution in [0.25, 0.3) is 0 Å². The van der Waals surface area contributed by atoms with Crippen LogP contribution < -0.4 is 5.32 Å². The normalized spacial score (nSPS) is 10.3. The summed E-state index contributed by atoms with van der Waals surface area (Å²) in [4.78, 5) is 26.4. The van der Waals surface area contributed by atoms with Crippen LogP contribution in [-0.4, -0.2) is 28.5 Å². The maximum absolute atomic E-state index is 11.8. The Bertz CT molecular complexity index is 657. The Morgan fingerprint density at radius 3 is 2.76 bits per heavy atom. The highest BCUT2D eigenvalue weighted by molar-refractivity contribution is 7.09. The first-order chi connectivity index (χ1) is 10.1. The van der Waals surface area contributed by atoms with Gasteiger partial charge in [-0.3, -0.25) is 4.79 Å². The van der Waals surface area contributed by atoms with Gasteiger partial charge in [-0.05, 0) is 11.6 Å². The zero-order valence-corrected chi connectivity index (χ0v) is 12.6. The van der Waals surface area contributed by atoms with Crippen LogP contribution in [0.1, 0.15) is 21.1 Å². The highest BCUT2D eigenvalue weighted by atomic mass is 35.5. The second-order valence-electron chi connectivity index (χ2n) is 4.30. The smallest absolute Gasteiger partial charge is 0.355 e. The summed E-state index contributed by atoms with van der Waals surface area (Å²) >= 11 is 7.26. The van der Waals surface area contributed by atoms with Crippen LogP contribution in [0, 0.1) is 0 Å². The SMILES string of the molecule is O=C(Cc1ccccc1Cl)NCCc1nc(C(=O)O)cs1. The van der Waals surface area contributed by atoms with Crippen molar-refractivity contribution in [1.82, 2.24) is 10.3 Å². The first-order valence-corrected chi connectivity index (χ1v) is 7.50. The van der Waals surface area contributed by atoms with Gasteiger partial charge in [-0.1, -0.05) is 29.8 Å². The summed E-state index contributed by atoms with van der Waals surface area (Å²) in [5, 5.41) is 14.3. The molecular formula is C14H13ClN2O3S. The van der Waals surface area contributed by atoms with Gasteiger partial charge in [0.25, 0.3) is 0 Å². The molecule has 0 saturated carbocycles. The molecule has 0 fully saturated rings. The van der Waals surface area contributed by atoms with Crippen molar-refractivity contribution in [2.45, 2.75) is 12.8 Å². The zero-order chi connectivity index (χ0) is 15.2. The van der Waals surface area contributed by atoms with Crippen molar-refractivity contribution in [1.29, 1.82) is 0 Å². The summed E-state index contributed by atoms with van der Waals surface area (Å²) < 4.78 is 0. The Kier molecular flexibility index (Phi) is 5.30. The van der Waals surface area contributed by atoms with Crippen molar-refractivity contribution in [2.75, 3.05) is 6.54 Å². The number of hydrogen-bond acceptors (Lipinski definition) is 4. The molecule has 2 N–H and O–H groups in total. The number of rotatable bonds is 6. The van der Waals surface area contributed by atoms with Crippen molar-refractivity contribution in [3.8, 4) is 0 Å². The fourth-order valence-electron chi connectivity index (χ4n) is 1.71. The van der Waals surface area contributed by atoms with Crippen LogP contribution in [0.4, 0.5) is 0 Å². The van der Waals surface area contributed by atoms with Gasteiger partial charge in [0.1, 0.15) is 0 Å². The van der Waals surface area contributed by atoms with Crippen LogP contribution in [0.3, 0.4) is 0 Å². The topological polar surface area (TPSA) is 79.3 Å². The number of thiazole rings is 1. The molecule has 2 aromatic rings. The number of hydrogen-bond donors (Lipinski definition) is 2. The number of aromatic nitrogens is 1. The van der Waals surface area contributed by atoms with Gasteiger partial charge in [0.2, 0.25) is 5.91 Å². The quantitative estimate of drug-likeness (QED) is 0.855. The van der Waals surface area contributed by atoms with E-state index in [0.29, 0.717) is 23.0 Å². The van der Waals surface area contributed by atoms with E-state index in [2.05, 4.69) is 10.3 Å². The predicted octanol–water partition coefficient (Wildman–Crippen LogP) is 2.40. The third kappa shape index (κ3) is 4.54. The molecule has 7 heteroatoms. The van der Waals surface area contributed by atoms with E-state index in [9.17, 15) is 9.59 Å². The summed E-state index contributed by atoms with van der Waals surface area (Å²) in [5.74, 6) is -1.17. The number of carbonyl (C=O) groups is 2. The Hall–Kier alpha value is -1.92. The molecule has 0 spiro atoms. The number of carbonyl (C=O) groups excluding carboxylic acids is 1. The molecule has 0 saturated heterocycles. The number of carboxylic acid groups (broad SMARTS) is 1. The maximum atomic E-state index is 11.8. The summed E-state index contributed by atoms with van der Waals surface area (Å²) in [6, 6.07) is 7.19. The maximum Gasteiger partial charge on any atom is 0.355 e. The number of halogens is 1. The molecule has 1 heterocycles. The van der Waals surface area contributed by atoms with E-state index < -0.39 is 5.97 Å². The van der Waals surface area contributed by atoms with Crippen LogP contribution in [0.5, 0.6) is 0 Å². The highest BCUT2D eigenvalue weighted by Crippen LogP contribution is 2.15. The predicted molar refractivity (Wildman–Crippen MR) is 80.9 cm³/mol. The summed E-state index contributed by atoms with van der Waals surface area (Å²) in [6.45, 7) is 0.413. The molecule has 0 aliphatic carbocycles. The Labute approximate surface area is 130 Å². The monoisotopic (exact) mass is 324 g/mol. The fraction of sp³-hybridized carbons (Fsp3) is 0.214. The fourth-order valence-corrected chi connectivity index (χ4v) is 2.68. The summed E-state index contributed by atoms with van der Waals surface area (Å²) in [6.07, 6.45) is 0.726. The van der Waals surface area contributed by atoms with Gasteiger partial charge in [0, 0.05) is 23.4 Å². The molecule has 0 atom stereocenters. The standard InChI is InChI=1S/C14H13ClN2O3S/c15-10-4-2-1-3-9(10)7-12(18)16-6-5-13-17-11(8-21-13)14(19)20/h1-4,8H,5-7H2,(H,16,18)(H,19,20). The molecule has 1 aromatic carbocycles. The van der Waals surface area contributed by atoms with Gasteiger partial charge < -0.3 is 10.4 Å². The lowest BCUT2D eigenvalue weighted by atomic mass is 10.1. The molecule has 0 unspecified atom stereocenters. The van der Waals surface area contributed by atoms with Gasteiger partial charge in [-0.15, -0.1) is 11.3 Å². The molecule has 0 bridgehead atoms. The van der Waals surface area contributed by atoms with E-state index in [1.165, 1.54) is 16.7 Å². The first kappa shape index (κ1) is 15.5. The van der Waals surface area contributed by atoms with Crippen molar-refractivity contribution >= 4 is 34.8 Å². The second-order valence-corrected chi connectivity index (χ2v) is 5.65. The Morgan fingerprint density at radius 1 is 1.33 bits per heavy atom. The van der Waals surface area contributed by atoms with Crippen molar-refractivity contribution in [2.24, 2.45) is 0 Å². The van der Waals surface area contributed by atoms with Crippen molar-refractivity contribution in [3.05, 3.63) is 50.9 Å². The minimum absolute atomic E-state index is 0.0393. The lowest BCUT2D eigenvalue weighted by Gasteiger charge is -2.05. The summed E-state index contributed by atoms with van der Waals surface area (Å²) in [7, 11) is 0. The van der Waals surface area contributed by atoms with Gasteiger partial charge in [0.15, 0.2) is 5.69 Å². The van der Waals surface area contributed by atoms with Gasteiger partial charge in [-0.25, -0.2) is 9.78 Å². The molecule has 0 radical (unpaired) electrons. The minimum Gasteiger partial charge on any atom is -0.476 e. The number of carboxylic acids is 1. The van der Waals surface area contributed by atoms with E-state index in [-0.39, 0.29) is 18.0 Å². The number of benzene rings is 1. The summed E-state index contributed by atoms with van der Waals surface area (Å²) in [5.41, 5.74) is 0.816. The molecule has 1 amide bonds. The number of amides is 1. The number of nitrogens with zero attached hydrogens (tertiary/aromatic N) is 1. The van der Waals surface area contributed by atoms with Gasteiger partial charge >= 0.3 is 5.97 Å². The Morgan fingerprint density at radius 2 is 2.10 bits per heavy atom. The third-order valence-electron chi connectivity index (χ3n) is 2.74. The van der Waals surface area contributed by atoms with E-state index in [1.807, 2.05) is 18.2 Å². The Balaban J connectivity index is 1.79. The number of nitrogens with one attached hydrogen (secondary N) is 1. The number of aromatic carboxylic acids is 1. The van der Waals surface area contributed by atoms with E-state index in [1.54, 1.807) is 6.07 Å². The van der Waals surface area contributed by atoms with Crippen LogP contribution in [0.15, 0.2) is 29.6 Å². The zero-order valence-electron chi connectivity index (χ0n) is 11.0. The first-order valence-electron chi connectivity index (χ1n) is 6.24. The molecule has 110 valence electrons. The largest absolute Gasteiger partial charge is 0.476 e. The third-order valence-corrected chi connectivity index (χ3v) is 4.02. The van der Waals surface area contributed by atoms with Crippen molar-refractivity contribution in [3.63, 3.8) is 0 Å². The van der Waals surface area contributed by atoms with E-state index >= 15 is 0 Å². The average molecular weight is 325 g/mol. The minimum atomic E-state index is -1.04. The molecule has 5 nitrogen and oxygen atoms in total. The molecule has 2 rings (SSSR count).